The first-order valence-corrected chi connectivity index (χ1v) is 10.9. The molecule has 0 radical (unpaired) electrons. The summed E-state index contributed by atoms with van der Waals surface area (Å²) in [5, 5.41) is 20.3. The van der Waals surface area contributed by atoms with Gasteiger partial charge in [0.05, 0.1) is 0 Å². The van der Waals surface area contributed by atoms with Crippen molar-refractivity contribution in [3.05, 3.63) is 52.6 Å². The van der Waals surface area contributed by atoms with Crippen LogP contribution in [-0.2, 0) is 9.59 Å². The van der Waals surface area contributed by atoms with Gasteiger partial charge in [0.25, 0.3) is 0 Å². The van der Waals surface area contributed by atoms with Crippen molar-refractivity contribution in [2.75, 3.05) is 0 Å². The van der Waals surface area contributed by atoms with Crippen molar-refractivity contribution in [3.63, 3.8) is 0 Å². The van der Waals surface area contributed by atoms with Crippen LogP contribution in [0.25, 0.3) is 5.57 Å². The Morgan fingerprint density at radius 1 is 0.800 bits per heavy atom. The molecule has 0 saturated heterocycles. The number of aliphatic carboxylic acids is 2. The zero-order chi connectivity index (χ0) is 23.0. The van der Waals surface area contributed by atoms with E-state index in [0.717, 1.165) is 11.1 Å². The maximum Gasteiger partial charge on any atom is 0.325 e. The molecule has 0 fully saturated rings. The molecule has 0 heterocycles. The summed E-state index contributed by atoms with van der Waals surface area (Å²) in [6.07, 6.45) is 3.69. The van der Waals surface area contributed by atoms with E-state index in [4.69, 9.17) is 0 Å². The molecule has 0 bridgehead atoms. The minimum Gasteiger partial charge on any atom is -0.480 e. The molecule has 0 aliphatic heterocycles. The molecule has 2 rings (SSSR count). The summed E-state index contributed by atoms with van der Waals surface area (Å²) >= 11 is 0. The van der Waals surface area contributed by atoms with E-state index in [1.165, 1.54) is 11.1 Å². The van der Waals surface area contributed by atoms with Gasteiger partial charge in [-0.1, -0.05) is 85.7 Å². The first kappa shape index (κ1) is 23.9. The van der Waals surface area contributed by atoms with Crippen molar-refractivity contribution >= 4 is 17.5 Å². The van der Waals surface area contributed by atoms with Crippen LogP contribution in [0.1, 0.15) is 83.9 Å². The molecule has 1 aromatic carbocycles. The fourth-order valence-electron chi connectivity index (χ4n) is 4.47. The lowest BCUT2D eigenvalue weighted by molar-refractivity contribution is -0.166. The summed E-state index contributed by atoms with van der Waals surface area (Å²) in [6, 6.07) is 6.54. The van der Waals surface area contributed by atoms with Gasteiger partial charge in [0.2, 0.25) is 0 Å². The number of benzene rings is 1. The van der Waals surface area contributed by atoms with E-state index in [9.17, 15) is 19.8 Å². The molecule has 30 heavy (non-hydrogen) atoms. The number of allylic oxidation sites excluding steroid dienone is 3. The van der Waals surface area contributed by atoms with Crippen LogP contribution in [0, 0.1) is 23.2 Å². The average molecular weight is 413 g/mol. The van der Waals surface area contributed by atoms with Crippen molar-refractivity contribution in [1.82, 2.24) is 0 Å². The lowest BCUT2D eigenvalue weighted by Gasteiger charge is -2.41. The van der Waals surface area contributed by atoms with Gasteiger partial charge >= 0.3 is 11.9 Å². The normalized spacial score (nSPS) is 18.7. The van der Waals surface area contributed by atoms with Crippen LogP contribution in [0.15, 0.2) is 35.9 Å². The van der Waals surface area contributed by atoms with Gasteiger partial charge in [-0.3, -0.25) is 9.59 Å². The molecule has 0 spiro atoms. The molecule has 0 aromatic heterocycles. The molecule has 1 aromatic rings. The van der Waals surface area contributed by atoms with Gasteiger partial charge in [0, 0.05) is 5.92 Å². The Labute approximate surface area is 180 Å². The Morgan fingerprint density at radius 2 is 1.27 bits per heavy atom. The van der Waals surface area contributed by atoms with E-state index in [1.54, 1.807) is 0 Å². The van der Waals surface area contributed by atoms with Crippen LogP contribution in [0.2, 0.25) is 0 Å². The second kappa shape index (κ2) is 8.79. The summed E-state index contributed by atoms with van der Waals surface area (Å²) in [6.45, 7) is 16.2. The third-order valence-electron chi connectivity index (χ3n) is 6.28. The zero-order valence-corrected chi connectivity index (χ0v) is 19.5. The molecule has 1 aliphatic rings. The highest BCUT2D eigenvalue weighted by molar-refractivity contribution is 6.04. The number of carboxylic acids is 2. The third kappa shape index (κ3) is 4.10. The first-order valence-electron chi connectivity index (χ1n) is 10.9. The van der Waals surface area contributed by atoms with Gasteiger partial charge in [0.1, 0.15) is 0 Å². The molecule has 164 valence electrons. The molecule has 0 amide bonds. The molecule has 1 unspecified atom stereocenters. The second-order valence-corrected chi connectivity index (χ2v) is 9.76. The highest BCUT2D eigenvalue weighted by Gasteiger charge is 2.57. The zero-order valence-electron chi connectivity index (χ0n) is 19.5. The van der Waals surface area contributed by atoms with Crippen LogP contribution in [0.4, 0.5) is 0 Å². The fourth-order valence-corrected chi connectivity index (χ4v) is 4.47. The number of carboxylic acid groups (broad SMARTS) is 2. The number of rotatable bonds is 7. The summed E-state index contributed by atoms with van der Waals surface area (Å²) in [5.41, 5.74) is 2.91. The SMILES string of the molecule is CC(C)C1=CC(c2cc(C(C)C)cc(C(C)C)c2)=CC(C(C)C)C1(C(=O)O)C(=O)O. The summed E-state index contributed by atoms with van der Waals surface area (Å²) in [4.78, 5) is 24.9. The molecule has 1 aliphatic carbocycles. The van der Waals surface area contributed by atoms with Gasteiger partial charge < -0.3 is 10.2 Å². The molecule has 4 heteroatoms. The summed E-state index contributed by atoms with van der Waals surface area (Å²) in [5.74, 6) is -2.86. The van der Waals surface area contributed by atoms with Gasteiger partial charge in [-0.15, -0.1) is 0 Å². The Morgan fingerprint density at radius 3 is 1.60 bits per heavy atom. The topological polar surface area (TPSA) is 74.6 Å². The van der Waals surface area contributed by atoms with Crippen molar-refractivity contribution in [2.45, 2.75) is 67.2 Å². The molecule has 0 saturated carbocycles. The van der Waals surface area contributed by atoms with Crippen molar-refractivity contribution in [2.24, 2.45) is 23.2 Å². The predicted molar refractivity (Wildman–Crippen MR) is 122 cm³/mol. The Bertz CT molecular complexity index is 844. The third-order valence-corrected chi connectivity index (χ3v) is 6.28. The average Bonchev–Trinajstić information content (AvgIpc) is 2.65. The highest BCUT2D eigenvalue weighted by atomic mass is 16.4. The van der Waals surface area contributed by atoms with Crippen LogP contribution in [-0.4, -0.2) is 22.2 Å². The minimum atomic E-state index is -1.94. The number of hydrogen-bond acceptors (Lipinski definition) is 2. The molecule has 2 N–H and O–H groups in total. The van der Waals surface area contributed by atoms with Gasteiger partial charge in [-0.2, -0.15) is 0 Å². The van der Waals surface area contributed by atoms with Crippen LogP contribution in [0.5, 0.6) is 0 Å². The van der Waals surface area contributed by atoms with Crippen LogP contribution >= 0.6 is 0 Å². The van der Waals surface area contributed by atoms with E-state index in [2.05, 4.69) is 45.9 Å². The largest absolute Gasteiger partial charge is 0.480 e. The Balaban J connectivity index is 2.83. The van der Waals surface area contributed by atoms with E-state index in [-0.39, 0.29) is 11.8 Å². The van der Waals surface area contributed by atoms with Crippen molar-refractivity contribution in [1.29, 1.82) is 0 Å². The van der Waals surface area contributed by atoms with Gasteiger partial charge in [0.15, 0.2) is 5.41 Å². The standard InChI is InChI=1S/C26H36O4/c1-14(2)18-9-19(15(3)4)11-20(10-18)21-12-22(16(5)6)26(24(27)28,25(29)30)23(13-21)17(7)8/h9-17,22H,1-8H3,(H,27,28)(H,29,30). The molecular formula is C26H36O4. The number of hydrogen-bond donors (Lipinski definition) is 2. The van der Waals surface area contributed by atoms with E-state index >= 15 is 0 Å². The minimum absolute atomic E-state index is 0.146. The number of carbonyl (C=O) groups is 2. The maximum atomic E-state index is 12.4. The van der Waals surface area contributed by atoms with Crippen molar-refractivity contribution in [3.8, 4) is 0 Å². The van der Waals surface area contributed by atoms with Crippen molar-refractivity contribution < 1.29 is 19.8 Å². The molecule has 1 atom stereocenters. The summed E-state index contributed by atoms with van der Waals surface area (Å²) in [7, 11) is 0. The maximum absolute atomic E-state index is 12.4. The first-order chi connectivity index (χ1) is 13.8. The predicted octanol–water partition coefficient (Wildman–Crippen LogP) is 6.34. The lowest BCUT2D eigenvalue weighted by Crippen LogP contribution is -2.50. The lowest BCUT2D eigenvalue weighted by atomic mass is 9.59. The monoisotopic (exact) mass is 412 g/mol. The Hall–Kier alpha value is -2.36. The Kier molecular flexibility index (Phi) is 7.01. The van der Waals surface area contributed by atoms with Crippen LogP contribution < -0.4 is 0 Å². The second-order valence-electron chi connectivity index (χ2n) is 9.76. The quantitative estimate of drug-likeness (QED) is 0.512. The molecular weight excluding hydrogens is 376 g/mol. The van der Waals surface area contributed by atoms with Gasteiger partial charge in [-0.25, -0.2) is 0 Å². The highest BCUT2D eigenvalue weighted by Crippen LogP contribution is 2.50. The van der Waals surface area contributed by atoms with Crippen LogP contribution in [0.3, 0.4) is 0 Å². The van der Waals surface area contributed by atoms with E-state index in [1.807, 2.05) is 39.8 Å². The van der Waals surface area contributed by atoms with Gasteiger partial charge in [-0.05, 0) is 51.5 Å². The van der Waals surface area contributed by atoms with E-state index < -0.39 is 23.3 Å². The smallest absolute Gasteiger partial charge is 0.325 e. The van der Waals surface area contributed by atoms with E-state index in [0.29, 0.717) is 17.4 Å². The molecule has 4 nitrogen and oxygen atoms in total. The summed E-state index contributed by atoms with van der Waals surface area (Å²) < 4.78 is 0. The fraction of sp³-hybridized carbons (Fsp3) is 0.538.